The van der Waals surface area contributed by atoms with Gasteiger partial charge < -0.3 is 15.0 Å². The molecule has 1 saturated heterocycles. The van der Waals surface area contributed by atoms with Crippen LogP contribution in [0.15, 0.2) is 42.5 Å². The summed E-state index contributed by atoms with van der Waals surface area (Å²) in [5.74, 6) is 1.57. The van der Waals surface area contributed by atoms with E-state index >= 15 is 0 Å². The summed E-state index contributed by atoms with van der Waals surface area (Å²) in [5, 5.41) is 11.4. The minimum Gasteiger partial charge on any atom is -0.508 e. The predicted octanol–water partition coefficient (Wildman–Crippen LogP) is 4.78. The predicted molar refractivity (Wildman–Crippen MR) is 113 cm³/mol. The first kappa shape index (κ1) is 17.5. The van der Waals surface area contributed by atoms with Crippen LogP contribution in [-0.2, 0) is 18.3 Å². The number of halogens is 1. The molecule has 2 fully saturated rings. The first-order valence-corrected chi connectivity index (χ1v) is 10.9. The lowest BCUT2D eigenvalue weighted by molar-refractivity contribution is 0.0783. The topological polar surface area (TPSA) is 39.3 Å². The van der Waals surface area contributed by atoms with Crippen LogP contribution in [0.3, 0.4) is 0 Å². The van der Waals surface area contributed by atoms with E-state index in [1.165, 1.54) is 41.6 Å². The van der Waals surface area contributed by atoms with E-state index in [1.54, 1.807) is 18.2 Å². The molecular formula is C25H27FN2O. The number of nitrogens with one attached hydrogen (secondary N) is 1. The van der Waals surface area contributed by atoms with Gasteiger partial charge in [-0.15, -0.1) is 0 Å². The van der Waals surface area contributed by atoms with Gasteiger partial charge in [-0.3, -0.25) is 0 Å². The number of phenolic OH excluding ortho intramolecular Hbond substituents is 1. The summed E-state index contributed by atoms with van der Waals surface area (Å²) in [5.41, 5.74) is 4.82. The van der Waals surface area contributed by atoms with E-state index in [2.05, 4.69) is 16.0 Å². The number of likely N-dealkylation sites (tertiary alicyclic amines) is 1. The average Bonchev–Trinajstić information content (AvgIpc) is 3.45. The molecule has 1 aliphatic heterocycles. The van der Waals surface area contributed by atoms with E-state index in [-0.39, 0.29) is 11.2 Å². The molecular weight excluding hydrogens is 363 g/mol. The molecule has 150 valence electrons. The van der Waals surface area contributed by atoms with Crippen molar-refractivity contribution in [2.24, 2.45) is 11.8 Å². The summed E-state index contributed by atoms with van der Waals surface area (Å²) < 4.78 is 13.8. The zero-order valence-electron chi connectivity index (χ0n) is 16.6. The van der Waals surface area contributed by atoms with Gasteiger partial charge in [0.05, 0.1) is 0 Å². The van der Waals surface area contributed by atoms with E-state index < -0.39 is 0 Å². The molecule has 3 aromatic rings. The fourth-order valence-electron chi connectivity index (χ4n) is 5.99. The van der Waals surface area contributed by atoms with Gasteiger partial charge in [0, 0.05) is 35.1 Å². The molecule has 3 aliphatic rings. The van der Waals surface area contributed by atoms with Gasteiger partial charge in [0.2, 0.25) is 0 Å². The molecule has 2 N–H and O–H groups in total. The van der Waals surface area contributed by atoms with Crippen molar-refractivity contribution in [2.75, 3.05) is 19.6 Å². The summed E-state index contributed by atoms with van der Waals surface area (Å²) in [4.78, 5) is 6.21. The second kappa shape index (κ2) is 6.33. The summed E-state index contributed by atoms with van der Waals surface area (Å²) in [6.45, 7) is 3.46. The van der Waals surface area contributed by atoms with Gasteiger partial charge in [-0.1, -0.05) is 12.1 Å². The Balaban J connectivity index is 1.44. The van der Waals surface area contributed by atoms with Crippen molar-refractivity contribution in [1.29, 1.82) is 0 Å². The van der Waals surface area contributed by atoms with Gasteiger partial charge in [0.25, 0.3) is 0 Å². The molecule has 1 saturated carbocycles. The van der Waals surface area contributed by atoms with Crippen molar-refractivity contribution in [1.82, 2.24) is 9.88 Å². The Kier molecular flexibility index (Phi) is 3.83. The molecule has 6 rings (SSSR count). The molecule has 3 nitrogen and oxygen atoms in total. The molecule has 0 amide bonds. The molecule has 2 aromatic carbocycles. The van der Waals surface area contributed by atoms with Crippen LogP contribution in [0.5, 0.6) is 5.75 Å². The Bertz CT molecular complexity index is 1090. The first-order valence-electron chi connectivity index (χ1n) is 10.9. The van der Waals surface area contributed by atoms with Gasteiger partial charge in [0.1, 0.15) is 11.6 Å². The molecule has 2 atom stereocenters. The highest BCUT2D eigenvalue weighted by Crippen LogP contribution is 2.50. The normalized spacial score (nSPS) is 27.0. The zero-order chi connectivity index (χ0) is 19.6. The van der Waals surface area contributed by atoms with Gasteiger partial charge in [-0.25, -0.2) is 4.39 Å². The number of piperidine rings is 1. The second-order valence-electron chi connectivity index (χ2n) is 9.51. The number of aromatic hydroxyl groups is 1. The third-order valence-electron chi connectivity index (χ3n) is 7.67. The first-order chi connectivity index (χ1) is 14.1. The molecule has 4 heteroatoms. The molecule has 0 spiro atoms. The van der Waals surface area contributed by atoms with Gasteiger partial charge in [0.15, 0.2) is 0 Å². The molecule has 2 unspecified atom stereocenters. The van der Waals surface area contributed by atoms with Crippen molar-refractivity contribution in [3.8, 4) is 5.75 Å². The summed E-state index contributed by atoms with van der Waals surface area (Å²) in [7, 11) is 0. The van der Waals surface area contributed by atoms with Gasteiger partial charge in [-0.05, 0) is 91.9 Å². The summed E-state index contributed by atoms with van der Waals surface area (Å²) in [6.07, 6.45) is 5.83. The van der Waals surface area contributed by atoms with Crippen LogP contribution >= 0.6 is 0 Å². The van der Waals surface area contributed by atoms with Crippen molar-refractivity contribution in [3.05, 3.63) is 65.1 Å². The Morgan fingerprint density at radius 3 is 2.90 bits per heavy atom. The lowest BCUT2D eigenvalue weighted by Gasteiger charge is -2.51. The highest BCUT2D eigenvalue weighted by Gasteiger charge is 2.48. The third kappa shape index (κ3) is 2.88. The van der Waals surface area contributed by atoms with E-state index in [0.29, 0.717) is 11.7 Å². The van der Waals surface area contributed by atoms with Gasteiger partial charge >= 0.3 is 0 Å². The van der Waals surface area contributed by atoms with Crippen LogP contribution in [0.25, 0.3) is 10.9 Å². The number of hydrogen-bond donors (Lipinski definition) is 2. The largest absolute Gasteiger partial charge is 0.508 e. The van der Waals surface area contributed by atoms with Crippen molar-refractivity contribution in [3.63, 3.8) is 0 Å². The SMILES string of the molecule is Oc1cccc(C23CCN(CC4CC4)CC2Cc2c([nH]c4cc(F)ccc24)C3)c1. The summed E-state index contributed by atoms with van der Waals surface area (Å²) in [6, 6.07) is 13.0. The quantitative estimate of drug-likeness (QED) is 0.675. The minimum atomic E-state index is -0.188. The molecule has 2 heterocycles. The highest BCUT2D eigenvalue weighted by molar-refractivity contribution is 5.85. The van der Waals surface area contributed by atoms with E-state index in [1.807, 2.05) is 18.2 Å². The maximum atomic E-state index is 13.8. The van der Waals surface area contributed by atoms with E-state index in [9.17, 15) is 9.50 Å². The monoisotopic (exact) mass is 390 g/mol. The number of aromatic amines is 1. The Morgan fingerprint density at radius 2 is 2.07 bits per heavy atom. The standard InChI is InChI=1S/C25H27FN2O/c26-19-6-7-21-22-11-18-15-28(14-16-4-5-16)9-8-25(18,13-24(22)27-23(21)12-19)17-2-1-3-20(29)10-17/h1-3,6-7,10,12,16,18,27,29H,4-5,8-9,11,13-15H2. The molecule has 1 aromatic heterocycles. The Labute approximate surface area is 170 Å². The van der Waals surface area contributed by atoms with Crippen LogP contribution in [0, 0.1) is 17.7 Å². The van der Waals surface area contributed by atoms with Crippen LogP contribution in [0.2, 0.25) is 0 Å². The Hall–Kier alpha value is -2.33. The molecule has 2 aliphatic carbocycles. The Morgan fingerprint density at radius 1 is 1.17 bits per heavy atom. The lowest BCUT2D eigenvalue weighted by Crippen LogP contribution is -2.54. The smallest absolute Gasteiger partial charge is 0.125 e. The zero-order valence-corrected chi connectivity index (χ0v) is 16.6. The van der Waals surface area contributed by atoms with Crippen LogP contribution in [-0.4, -0.2) is 34.6 Å². The number of H-pyrrole nitrogens is 1. The number of phenols is 1. The fourth-order valence-corrected chi connectivity index (χ4v) is 5.99. The number of hydrogen-bond acceptors (Lipinski definition) is 2. The fraction of sp³-hybridized carbons (Fsp3) is 0.440. The summed E-state index contributed by atoms with van der Waals surface area (Å²) >= 11 is 0. The average molecular weight is 391 g/mol. The van der Waals surface area contributed by atoms with E-state index in [0.717, 1.165) is 43.8 Å². The number of benzene rings is 2. The lowest BCUT2D eigenvalue weighted by atomic mass is 9.58. The van der Waals surface area contributed by atoms with Crippen LogP contribution in [0.1, 0.15) is 36.1 Å². The molecule has 29 heavy (non-hydrogen) atoms. The maximum absolute atomic E-state index is 13.8. The molecule has 0 bridgehead atoms. The van der Waals surface area contributed by atoms with Crippen molar-refractivity contribution >= 4 is 10.9 Å². The van der Waals surface area contributed by atoms with Crippen LogP contribution < -0.4 is 0 Å². The maximum Gasteiger partial charge on any atom is 0.125 e. The highest BCUT2D eigenvalue weighted by atomic mass is 19.1. The minimum absolute atomic E-state index is 0.0329. The van der Waals surface area contributed by atoms with Crippen LogP contribution in [0.4, 0.5) is 4.39 Å². The molecule has 0 radical (unpaired) electrons. The second-order valence-corrected chi connectivity index (χ2v) is 9.51. The number of aromatic nitrogens is 1. The number of nitrogens with zero attached hydrogens (tertiary/aromatic N) is 1. The van der Waals surface area contributed by atoms with Crippen molar-refractivity contribution in [2.45, 2.75) is 37.5 Å². The van der Waals surface area contributed by atoms with Crippen molar-refractivity contribution < 1.29 is 9.50 Å². The number of rotatable bonds is 3. The van der Waals surface area contributed by atoms with Gasteiger partial charge in [-0.2, -0.15) is 0 Å². The third-order valence-corrected chi connectivity index (χ3v) is 7.67. The number of fused-ring (bicyclic) bond motifs is 4. The van der Waals surface area contributed by atoms with E-state index in [4.69, 9.17) is 0 Å².